The monoisotopic (exact) mass is 401 g/mol. The number of benzene rings is 2. The molecule has 0 bridgehead atoms. The number of nitriles is 1. The number of rotatable bonds is 2. The molecule has 3 aromatic rings. The summed E-state index contributed by atoms with van der Waals surface area (Å²) < 4.78 is 1.72. The molecule has 0 fully saturated rings. The molecular weight excluding hydrogens is 394 g/mol. The molecule has 0 amide bonds. The molecule has 5 heteroatoms. The van der Waals surface area contributed by atoms with E-state index < -0.39 is 0 Å². The maximum Gasteiger partial charge on any atom is 0.100 e. The van der Waals surface area contributed by atoms with Gasteiger partial charge in [0.25, 0.3) is 0 Å². The number of hydrogen-bond acceptors (Lipinski definition) is 3. The lowest BCUT2D eigenvalue weighted by Crippen LogP contribution is -1.93. The fourth-order valence-corrected chi connectivity index (χ4v) is 2.89. The summed E-state index contributed by atoms with van der Waals surface area (Å²) in [6, 6.07) is 15.7. The van der Waals surface area contributed by atoms with Crippen LogP contribution >= 0.6 is 31.9 Å². The largest absolute Gasteiger partial charge is 0.354 e. The smallest absolute Gasteiger partial charge is 0.100 e. The van der Waals surface area contributed by atoms with Gasteiger partial charge in [-0.1, -0.05) is 12.1 Å². The van der Waals surface area contributed by atoms with Gasteiger partial charge in [-0.25, -0.2) is 0 Å². The van der Waals surface area contributed by atoms with E-state index in [1.165, 1.54) is 0 Å². The molecule has 0 aliphatic heterocycles. The molecule has 0 spiro atoms. The van der Waals surface area contributed by atoms with Crippen molar-refractivity contribution < 1.29 is 0 Å². The van der Waals surface area contributed by atoms with Crippen LogP contribution in [0.25, 0.3) is 10.9 Å². The molecule has 0 saturated heterocycles. The first-order valence-electron chi connectivity index (χ1n) is 6.18. The Balaban J connectivity index is 2.02. The van der Waals surface area contributed by atoms with E-state index in [4.69, 9.17) is 5.26 Å². The highest BCUT2D eigenvalue weighted by molar-refractivity contribution is 9.10. The zero-order valence-corrected chi connectivity index (χ0v) is 13.9. The number of fused-ring (bicyclic) bond motifs is 1. The van der Waals surface area contributed by atoms with Crippen molar-refractivity contribution in [1.29, 1.82) is 5.26 Å². The maximum absolute atomic E-state index is 8.95. The second-order valence-corrected chi connectivity index (χ2v) is 6.23. The number of halogens is 2. The van der Waals surface area contributed by atoms with Crippen molar-refractivity contribution >= 4 is 54.1 Å². The highest BCUT2D eigenvalue weighted by atomic mass is 79.9. The first kappa shape index (κ1) is 14.1. The molecule has 1 heterocycles. The number of nitrogens with one attached hydrogen (secondary N) is 1. The van der Waals surface area contributed by atoms with Gasteiger partial charge < -0.3 is 5.32 Å². The predicted molar refractivity (Wildman–Crippen MR) is 91.6 cm³/mol. The molecule has 0 unspecified atom stereocenters. The molecule has 3 rings (SSSR count). The molecule has 0 aliphatic carbocycles. The highest BCUT2D eigenvalue weighted by Crippen LogP contribution is 2.28. The Morgan fingerprint density at radius 2 is 1.95 bits per heavy atom. The van der Waals surface area contributed by atoms with Gasteiger partial charge in [0.1, 0.15) is 6.07 Å². The van der Waals surface area contributed by atoms with Crippen molar-refractivity contribution in [1.82, 2.24) is 4.98 Å². The standard InChI is InChI=1S/C16H9Br2N3/c17-12-6-10-2-1-3-15(16(10)20-9-12)21-13-5-4-11(8-19)14(18)7-13/h1-7,9,21H. The molecule has 21 heavy (non-hydrogen) atoms. The number of hydrogen-bond donors (Lipinski definition) is 1. The topological polar surface area (TPSA) is 48.7 Å². The zero-order chi connectivity index (χ0) is 14.8. The minimum atomic E-state index is 0.612. The predicted octanol–water partition coefficient (Wildman–Crippen LogP) is 5.38. The van der Waals surface area contributed by atoms with Crippen LogP contribution in [0.2, 0.25) is 0 Å². The Labute approximate surface area is 138 Å². The summed E-state index contributed by atoms with van der Waals surface area (Å²) in [5.41, 5.74) is 3.34. The minimum absolute atomic E-state index is 0.612. The number of anilines is 2. The van der Waals surface area contributed by atoms with E-state index in [-0.39, 0.29) is 0 Å². The summed E-state index contributed by atoms with van der Waals surface area (Å²) >= 11 is 6.83. The van der Waals surface area contributed by atoms with E-state index in [0.29, 0.717) is 5.56 Å². The van der Waals surface area contributed by atoms with E-state index in [0.717, 1.165) is 31.2 Å². The summed E-state index contributed by atoms with van der Waals surface area (Å²) in [7, 11) is 0. The summed E-state index contributed by atoms with van der Waals surface area (Å²) in [4.78, 5) is 4.46. The normalized spacial score (nSPS) is 10.3. The Morgan fingerprint density at radius 1 is 1.10 bits per heavy atom. The average molecular weight is 403 g/mol. The van der Waals surface area contributed by atoms with Crippen molar-refractivity contribution in [3.05, 3.63) is 63.2 Å². The lowest BCUT2D eigenvalue weighted by Gasteiger charge is -2.10. The van der Waals surface area contributed by atoms with Crippen LogP contribution in [-0.2, 0) is 0 Å². The van der Waals surface area contributed by atoms with E-state index in [9.17, 15) is 0 Å². The number of nitrogens with zero attached hydrogens (tertiary/aromatic N) is 2. The van der Waals surface area contributed by atoms with E-state index >= 15 is 0 Å². The van der Waals surface area contributed by atoms with Crippen molar-refractivity contribution in [2.75, 3.05) is 5.32 Å². The Hall–Kier alpha value is -1.90. The molecule has 1 N–H and O–H groups in total. The van der Waals surface area contributed by atoms with Gasteiger partial charge in [0.2, 0.25) is 0 Å². The summed E-state index contributed by atoms with van der Waals surface area (Å²) in [5, 5.41) is 13.4. The molecule has 0 aliphatic rings. The Morgan fingerprint density at radius 3 is 2.71 bits per heavy atom. The lowest BCUT2D eigenvalue weighted by atomic mass is 10.1. The molecule has 102 valence electrons. The second-order valence-electron chi connectivity index (χ2n) is 4.46. The third-order valence-electron chi connectivity index (χ3n) is 3.05. The van der Waals surface area contributed by atoms with Crippen LogP contribution in [0.3, 0.4) is 0 Å². The third-order valence-corrected chi connectivity index (χ3v) is 4.14. The van der Waals surface area contributed by atoms with Gasteiger partial charge in [0.15, 0.2) is 0 Å². The molecule has 1 aromatic heterocycles. The third kappa shape index (κ3) is 2.92. The summed E-state index contributed by atoms with van der Waals surface area (Å²) in [6.07, 6.45) is 1.78. The number of aromatic nitrogens is 1. The van der Waals surface area contributed by atoms with Gasteiger partial charge in [-0.05, 0) is 62.2 Å². The van der Waals surface area contributed by atoms with Crippen LogP contribution in [0.4, 0.5) is 11.4 Å². The van der Waals surface area contributed by atoms with Crippen LogP contribution in [0.1, 0.15) is 5.56 Å². The van der Waals surface area contributed by atoms with Gasteiger partial charge in [-0.2, -0.15) is 5.26 Å². The van der Waals surface area contributed by atoms with E-state index in [1.807, 2.05) is 36.4 Å². The molecular formula is C16H9Br2N3. The van der Waals surface area contributed by atoms with E-state index in [2.05, 4.69) is 48.2 Å². The van der Waals surface area contributed by atoms with Gasteiger partial charge in [-0.15, -0.1) is 0 Å². The molecule has 0 radical (unpaired) electrons. The Bertz CT molecular complexity index is 869. The molecule has 0 atom stereocenters. The van der Waals surface area contributed by atoms with Gasteiger partial charge in [0.05, 0.1) is 16.8 Å². The second kappa shape index (κ2) is 5.84. The molecule has 0 saturated carbocycles. The fraction of sp³-hybridized carbons (Fsp3) is 0. The number of pyridine rings is 1. The van der Waals surface area contributed by atoms with Crippen LogP contribution < -0.4 is 5.32 Å². The van der Waals surface area contributed by atoms with Crippen molar-refractivity contribution in [3.8, 4) is 6.07 Å². The van der Waals surface area contributed by atoms with Crippen LogP contribution in [0.5, 0.6) is 0 Å². The van der Waals surface area contributed by atoms with Crippen LogP contribution in [0.15, 0.2) is 57.6 Å². The van der Waals surface area contributed by atoms with Crippen molar-refractivity contribution in [2.24, 2.45) is 0 Å². The van der Waals surface area contributed by atoms with Crippen LogP contribution in [0, 0.1) is 11.3 Å². The quantitative estimate of drug-likeness (QED) is 0.626. The van der Waals surface area contributed by atoms with E-state index in [1.54, 1.807) is 12.3 Å². The average Bonchev–Trinajstić information content (AvgIpc) is 2.47. The number of para-hydroxylation sites is 1. The zero-order valence-electron chi connectivity index (χ0n) is 10.8. The SMILES string of the molecule is N#Cc1ccc(Nc2cccc3cc(Br)cnc23)cc1Br. The van der Waals surface area contributed by atoms with Gasteiger partial charge in [-0.3, -0.25) is 4.98 Å². The minimum Gasteiger partial charge on any atom is -0.354 e. The maximum atomic E-state index is 8.95. The Kier molecular flexibility index (Phi) is 3.91. The molecule has 3 nitrogen and oxygen atoms in total. The first-order chi connectivity index (χ1) is 10.2. The first-order valence-corrected chi connectivity index (χ1v) is 7.77. The lowest BCUT2D eigenvalue weighted by molar-refractivity contribution is 1.38. The highest BCUT2D eigenvalue weighted by Gasteiger charge is 2.05. The molecule has 2 aromatic carbocycles. The van der Waals surface area contributed by atoms with Gasteiger partial charge in [0, 0.05) is 26.2 Å². The fourth-order valence-electron chi connectivity index (χ4n) is 2.07. The van der Waals surface area contributed by atoms with Crippen molar-refractivity contribution in [3.63, 3.8) is 0 Å². The summed E-state index contributed by atoms with van der Waals surface area (Å²) in [6.45, 7) is 0. The van der Waals surface area contributed by atoms with Crippen LogP contribution in [-0.4, -0.2) is 4.98 Å². The van der Waals surface area contributed by atoms with Crippen molar-refractivity contribution in [2.45, 2.75) is 0 Å². The summed E-state index contributed by atoms with van der Waals surface area (Å²) in [5.74, 6) is 0. The van der Waals surface area contributed by atoms with Gasteiger partial charge >= 0.3 is 0 Å².